The summed E-state index contributed by atoms with van der Waals surface area (Å²) in [6.07, 6.45) is 0. The Morgan fingerprint density at radius 1 is 0.426 bits per heavy atom. The molecular weight excluding hydrogens is 573 g/mol. The maximum Gasteiger partial charge on any atom is 0.166 e. The number of hydrogen-bond donors (Lipinski definition) is 0. The van der Waals surface area contributed by atoms with Gasteiger partial charge in [-0.05, 0) is 52.2 Å². The molecule has 0 spiro atoms. The summed E-state index contributed by atoms with van der Waals surface area (Å²) in [5, 5.41) is 2.04. The first kappa shape index (κ1) is 19.9. The molecule has 0 saturated heterocycles. The van der Waals surface area contributed by atoms with E-state index in [4.69, 9.17) is 23.2 Å². The highest BCUT2D eigenvalue weighted by atomic mass is 15.1. The van der Waals surface area contributed by atoms with Gasteiger partial charge in [-0.3, -0.25) is 0 Å². The molecule has 2 heterocycles. The average molecular weight is 609 g/mol. The van der Waals surface area contributed by atoms with Crippen LogP contribution in [0.3, 0.4) is 0 Å². The quantitative estimate of drug-likeness (QED) is 0.195. The minimum atomic E-state index is -0.507. The van der Waals surface area contributed by atoms with Crippen molar-refractivity contribution in [2.24, 2.45) is 0 Å². The summed E-state index contributed by atoms with van der Waals surface area (Å²) in [6, 6.07) is 35.1. The van der Waals surface area contributed by atoms with E-state index in [-0.39, 0.29) is 27.6 Å². The maximum atomic E-state index is 9.18. The van der Waals surface area contributed by atoms with Crippen LogP contribution < -0.4 is 0 Å². The van der Waals surface area contributed by atoms with Crippen LogP contribution in [0.25, 0.3) is 83.6 Å². The van der Waals surface area contributed by atoms with Crippen LogP contribution in [0.1, 0.15) is 11.0 Å². The molecule has 0 aliphatic rings. The second-order valence-corrected chi connectivity index (χ2v) is 11.1. The van der Waals surface area contributed by atoms with E-state index in [1.165, 1.54) is 4.57 Å². The second kappa shape index (κ2) is 11.2. The fraction of sp³-hybridized carbons (Fsp3) is 0. The van der Waals surface area contributed by atoms with Crippen molar-refractivity contribution in [1.82, 2.24) is 19.5 Å². The molecule has 0 atom stereocenters. The topological polar surface area (TPSA) is 43.6 Å². The van der Waals surface area contributed by atoms with Gasteiger partial charge in [0.1, 0.15) is 0 Å². The molecule has 0 bridgehead atoms. The predicted octanol–water partition coefficient (Wildman–Crippen LogP) is 10.8. The van der Waals surface area contributed by atoms with Crippen molar-refractivity contribution >= 4 is 32.6 Å². The third-order valence-electron chi connectivity index (χ3n) is 8.29. The first-order valence-corrected chi connectivity index (χ1v) is 15.1. The molecule has 0 radical (unpaired) electrons. The third-order valence-corrected chi connectivity index (χ3v) is 8.29. The summed E-state index contributed by atoms with van der Waals surface area (Å²) in [4.78, 5) is 15.0. The summed E-state index contributed by atoms with van der Waals surface area (Å²) in [5.41, 5.74) is 3.92. The minimum Gasteiger partial charge on any atom is -0.308 e. The molecule has 2 aromatic heterocycles. The molecule has 4 heteroatoms. The van der Waals surface area contributed by atoms with Gasteiger partial charge < -0.3 is 4.57 Å². The van der Waals surface area contributed by atoms with Crippen LogP contribution >= 0.6 is 0 Å². The van der Waals surface area contributed by atoms with Crippen molar-refractivity contribution < 1.29 is 11.0 Å². The second-order valence-electron chi connectivity index (χ2n) is 11.1. The van der Waals surface area contributed by atoms with E-state index in [2.05, 4.69) is 0 Å². The Morgan fingerprint density at radius 2 is 0.979 bits per heavy atom. The molecular formula is C43H28N4. The van der Waals surface area contributed by atoms with E-state index in [1.807, 2.05) is 121 Å². The van der Waals surface area contributed by atoms with Crippen molar-refractivity contribution in [3.8, 4) is 51.0 Å². The van der Waals surface area contributed by atoms with Gasteiger partial charge in [0.05, 0.1) is 27.7 Å². The molecule has 0 fully saturated rings. The number of aromatic nitrogens is 4. The number of rotatable bonds is 5. The van der Waals surface area contributed by atoms with Gasteiger partial charge in [0.2, 0.25) is 0 Å². The summed E-state index contributed by atoms with van der Waals surface area (Å²) in [6.45, 7) is 0. The van der Waals surface area contributed by atoms with Gasteiger partial charge in [-0.2, -0.15) is 0 Å². The van der Waals surface area contributed by atoms with Crippen molar-refractivity contribution in [1.29, 1.82) is 0 Å². The Morgan fingerprint density at radius 3 is 1.68 bits per heavy atom. The van der Waals surface area contributed by atoms with Crippen LogP contribution in [0.15, 0.2) is 170 Å². The van der Waals surface area contributed by atoms with E-state index in [9.17, 15) is 2.74 Å². The molecule has 4 nitrogen and oxygen atoms in total. The van der Waals surface area contributed by atoms with Crippen molar-refractivity contribution in [2.45, 2.75) is 0 Å². The van der Waals surface area contributed by atoms with E-state index in [0.29, 0.717) is 22.9 Å². The maximum absolute atomic E-state index is 9.18. The van der Waals surface area contributed by atoms with E-state index < -0.39 is 48.3 Å². The molecule has 0 aliphatic carbocycles. The minimum absolute atomic E-state index is 0.00607. The van der Waals surface area contributed by atoms with Gasteiger partial charge >= 0.3 is 0 Å². The lowest BCUT2D eigenvalue weighted by Gasteiger charge is -2.16. The third kappa shape index (κ3) is 4.75. The molecule has 7 aromatic carbocycles. The molecule has 9 aromatic rings. The lowest BCUT2D eigenvalue weighted by atomic mass is 10.0. The lowest BCUT2D eigenvalue weighted by molar-refractivity contribution is 1.06. The number of fused-ring (bicyclic) bond motifs is 4. The molecule has 0 unspecified atom stereocenters. The largest absolute Gasteiger partial charge is 0.308 e. The fourth-order valence-corrected chi connectivity index (χ4v) is 6.05. The van der Waals surface area contributed by atoms with Gasteiger partial charge in [0, 0.05) is 27.5 Å². The summed E-state index contributed by atoms with van der Waals surface area (Å²) in [7, 11) is 0. The van der Waals surface area contributed by atoms with Gasteiger partial charge in [-0.1, -0.05) is 139 Å². The first-order chi connectivity index (χ1) is 26.6. The number of nitrogens with zero attached hydrogens (tertiary/aromatic N) is 4. The smallest absolute Gasteiger partial charge is 0.166 e. The van der Waals surface area contributed by atoms with E-state index in [1.54, 1.807) is 0 Å². The Hall–Kier alpha value is -6.39. The van der Waals surface area contributed by atoms with Gasteiger partial charge in [-0.25, -0.2) is 15.0 Å². The van der Waals surface area contributed by atoms with Gasteiger partial charge in [0.15, 0.2) is 17.5 Å². The summed E-state index contributed by atoms with van der Waals surface area (Å²) in [5.74, 6) is 1.06. The predicted molar refractivity (Wildman–Crippen MR) is 193 cm³/mol. The first-order valence-electron chi connectivity index (χ1n) is 19.1. The fourth-order valence-electron chi connectivity index (χ4n) is 6.05. The zero-order valence-electron chi connectivity index (χ0n) is 32.8. The van der Waals surface area contributed by atoms with Crippen molar-refractivity contribution in [2.75, 3.05) is 0 Å². The van der Waals surface area contributed by atoms with Crippen molar-refractivity contribution in [3.05, 3.63) is 170 Å². The van der Waals surface area contributed by atoms with Crippen LogP contribution in [-0.2, 0) is 0 Å². The Balaban J connectivity index is 1.44. The summed E-state index contributed by atoms with van der Waals surface area (Å²) >= 11 is 0. The number of hydrogen-bond acceptors (Lipinski definition) is 3. The van der Waals surface area contributed by atoms with Crippen molar-refractivity contribution in [3.63, 3.8) is 0 Å². The van der Waals surface area contributed by atoms with Crippen LogP contribution in [0.2, 0.25) is 0 Å². The Kier molecular flexibility index (Phi) is 4.74. The molecule has 0 saturated carbocycles. The normalized spacial score (nSPS) is 13.8. The SMILES string of the molecule is [2H]c1c([2H])c([2H])c2c(c1[2H])c1c([2H])c([2H])c([2H])c([2H])c1n2-c1cc(-c2ccccc2)ccc1-c1nc(-c2ccccc2)nc(-c2ccc3ccccc3c2)n1. The van der Waals surface area contributed by atoms with Crippen LogP contribution in [0, 0.1) is 0 Å². The average Bonchev–Trinajstić information content (AvgIpc) is 3.60. The highest BCUT2D eigenvalue weighted by Gasteiger charge is 2.20. The molecule has 47 heavy (non-hydrogen) atoms. The number of benzene rings is 7. The van der Waals surface area contributed by atoms with E-state index >= 15 is 0 Å². The van der Waals surface area contributed by atoms with Crippen LogP contribution in [0.4, 0.5) is 0 Å². The molecule has 0 aliphatic heterocycles. The van der Waals surface area contributed by atoms with E-state index in [0.717, 1.165) is 33.0 Å². The van der Waals surface area contributed by atoms with Gasteiger partial charge in [-0.15, -0.1) is 0 Å². The molecule has 220 valence electrons. The number of para-hydroxylation sites is 2. The monoisotopic (exact) mass is 608 g/mol. The summed E-state index contributed by atoms with van der Waals surface area (Å²) < 4.78 is 72.3. The standard InChI is InChI=1S/C43H28N4/c1-3-13-29(14-4-1)33-25-26-37(40(28-33)47-38-21-11-9-19-35(38)36-20-10-12-22-39(36)47)43-45-41(31-16-5-2-6-17-31)44-42(46-43)34-24-23-30-15-7-8-18-32(30)27-34/h1-28H/i9D,10D,11D,12D,19D,20D,21D,22D. The lowest BCUT2D eigenvalue weighted by Crippen LogP contribution is -2.04. The zero-order valence-corrected chi connectivity index (χ0v) is 24.8. The molecule has 0 N–H and O–H groups in total. The molecule has 9 rings (SSSR count). The molecule has 0 amide bonds. The van der Waals surface area contributed by atoms with Gasteiger partial charge in [0.25, 0.3) is 0 Å². The highest BCUT2D eigenvalue weighted by molar-refractivity contribution is 6.09. The van der Waals surface area contributed by atoms with Crippen LogP contribution in [-0.4, -0.2) is 19.5 Å². The Bertz CT molecular complexity index is 2940. The van der Waals surface area contributed by atoms with Crippen LogP contribution in [0.5, 0.6) is 0 Å². The Labute approximate surface area is 283 Å². The zero-order chi connectivity index (χ0) is 38.1. The highest BCUT2D eigenvalue weighted by Crippen LogP contribution is 2.38.